The third kappa shape index (κ3) is 4.57. The van der Waals surface area contributed by atoms with Crippen molar-refractivity contribution in [2.45, 2.75) is 38.1 Å². The lowest BCUT2D eigenvalue weighted by Crippen LogP contribution is -2.57. The molecule has 2 aromatic carbocycles. The highest BCUT2D eigenvalue weighted by atomic mass is 16.5. The molecule has 0 radical (unpaired) electrons. The van der Waals surface area contributed by atoms with Gasteiger partial charge >= 0.3 is 0 Å². The van der Waals surface area contributed by atoms with Crippen molar-refractivity contribution in [1.29, 1.82) is 0 Å². The summed E-state index contributed by atoms with van der Waals surface area (Å²) in [5, 5.41) is 2.65. The number of nitrogens with one attached hydrogen (secondary N) is 1. The second-order valence-corrected chi connectivity index (χ2v) is 9.25. The molecule has 2 saturated heterocycles. The number of aryl methyl sites for hydroxylation is 1. The first kappa shape index (κ1) is 24.0. The summed E-state index contributed by atoms with van der Waals surface area (Å²) < 4.78 is 5.64. The summed E-state index contributed by atoms with van der Waals surface area (Å²) >= 11 is 0. The highest BCUT2D eigenvalue weighted by Gasteiger charge is 2.46. The van der Waals surface area contributed by atoms with Crippen molar-refractivity contribution in [1.82, 2.24) is 15.1 Å². The van der Waals surface area contributed by atoms with Crippen molar-refractivity contribution in [2.24, 2.45) is 0 Å². The molecule has 1 N–H and O–H groups in total. The number of nitrogens with zero attached hydrogens (tertiary/aromatic N) is 2. The third-order valence-electron chi connectivity index (χ3n) is 7.16. The molecule has 2 fully saturated rings. The zero-order valence-electron chi connectivity index (χ0n) is 20.2. The Labute approximate surface area is 201 Å². The van der Waals surface area contributed by atoms with Crippen LogP contribution in [0, 0.1) is 6.92 Å². The van der Waals surface area contributed by atoms with Gasteiger partial charge in [-0.15, -0.1) is 0 Å². The fourth-order valence-electron chi connectivity index (χ4n) is 5.25. The number of ether oxygens (including phenoxy) is 1. The van der Waals surface area contributed by atoms with Crippen LogP contribution in [0.4, 0.5) is 0 Å². The molecule has 0 aliphatic carbocycles. The Balaban J connectivity index is 1.67. The molecule has 2 aliphatic heterocycles. The van der Waals surface area contributed by atoms with Gasteiger partial charge in [0.05, 0.1) is 11.5 Å². The Hall–Kier alpha value is -3.19. The number of rotatable bonds is 4. The number of hydrogen-bond acceptors (Lipinski definition) is 4. The molecule has 4 rings (SSSR count). The van der Waals surface area contributed by atoms with E-state index in [4.69, 9.17) is 4.74 Å². The molecule has 0 saturated carbocycles. The number of carbonyl (C=O) groups excluding carboxylic acids is 3. The van der Waals surface area contributed by atoms with E-state index in [-0.39, 0.29) is 23.8 Å². The van der Waals surface area contributed by atoms with Gasteiger partial charge in [-0.3, -0.25) is 14.4 Å². The smallest absolute Gasteiger partial charge is 0.251 e. The minimum Gasteiger partial charge on any atom is -0.381 e. The Bertz CT molecular complexity index is 1080. The van der Waals surface area contributed by atoms with Crippen LogP contribution < -0.4 is 5.32 Å². The van der Waals surface area contributed by atoms with Crippen molar-refractivity contribution >= 4 is 17.7 Å². The molecule has 3 amide bonds. The number of benzene rings is 2. The molecule has 0 spiro atoms. The fourth-order valence-corrected chi connectivity index (χ4v) is 5.25. The van der Waals surface area contributed by atoms with Crippen molar-refractivity contribution in [3.8, 4) is 0 Å². The summed E-state index contributed by atoms with van der Waals surface area (Å²) in [6, 6.07) is 15.2. The van der Waals surface area contributed by atoms with E-state index in [9.17, 15) is 14.4 Å². The number of piperazine rings is 1. The van der Waals surface area contributed by atoms with Crippen LogP contribution in [0.3, 0.4) is 0 Å². The van der Waals surface area contributed by atoms with Crippen molar-refractivity contribution < 1.29 is 19.1 Å². The minimum atomic E-state index is -0.628. The maximum absolute atomic E-state index is 14.2. The monoisotopic (exact) mass is 463 g/mol. The lowest BCUT2D eigenvalue weighted by molar-refractivity contribution is -0.148. The predicted molar refractivity (Wildman–Crippen MR) is 129 cm³/mol. The summed E-state index contributed by atoms with van der Waals surface area (Å²) in [5.41, 5.74) is 2.92. The predicted octanol–water partition coefficient (Wildman–Crippen LogP) is 2.83. The maximum Gasteiger partial charge on any atom is 0.251 e. The molecule has 1 atom stereocenters. The molecule has 2 aliphatic rings. The molecule has 7 heteroatoms. The minimum absolute atomic E-state index is 0.0399. The topological polar surface area (TPSA) is 79.0 Å². The summed E-state index contributed by atoms with van der Waals surface area (Å²) in [4.78, 5) is 42.6. The van der Waals surface area contributed by atoms with Crippen molar-refractivity contribution in [3.63, 3.8) is 0 Å². The van der Waals surface area contributed by atoms with Gasteiger partial charge in [-0.05, 0) is 43.0 Å². The van der Waals surface area contributed by atoms with Gasteiger partial charge in [-0.2, -0.15) is 0 Å². The second kappa shape index (κ2) is 9.97. The van der Waals surface area contributed by atoms with Gasteiger partial charge in [-0.25, -0.2) is 0 Å². The average molecular weight is 464 g/mol. The molecule has 0 aromatic heterocycles. The molecule has 180 valence electrons. The average Bonchev–Trinajstić information content (AvgIpc) is 2.87. The molecule has 0 unspecified atom stereocenters. The van der Waals surface area contributed by atoms with Gasteiger partial charge < -0.3 is 19.9 Å². The van der Waals surface area contributed by atoms with Gasteiger partial charge in [0.2, 0.25) is 11.8 Å². The summed E-state index contributed by atoms with van der Waals surface area (Å²) in [5.74, 6) is -0.125. The Kier molecular flexibility index (Phi) is 7.03. The van der Waals surface area contributed by atoms with Crippen molar-refractivity contribution in [3.05, 3.63) is 70.8 Å². The summed E-state index contributed by atoms with van der Waals surface area (Å²) in [6.45, 7) is 6.02. The Morgan fingerprint density at radius 2 is 1.76 bits per heavy atom. The molecular weight excluding hydrogens is 430 g/mol. The zero-order chi connectivity index (χ0) is 24.3. The molecule has 0 bridgehead atoms. The normalized spacial score (nSPS) is 20.0. The lowest BCUT2D eigenvalue weighted by atomic mass is 9.72. The van der Waals surface area contributed by atoms with Crippen LogP contribution in [0.25, 0.3) is 0 Å². The van der Waals surface area contributed by atoms with Crippen LogP contribution >= 0.6 is 0 Å². The number of hydrogen-bond donors (Lipinski definition) is 1. The highest BCUT2D eigenvalue weighted by molar-refractivity contribution is 5.94. The first-order valence-corrected chi connectivity index (χ1v) is 11.9. The number of amides is 3. The van der Waals surface area contributed by atoms with Crippen molar-refractivity contribution in [2.75, 3.05) is 39.9 Å². The Morgan fingerprint density at radius 1 is 1.03 bits per heavy atom. The van der Waals surface area contributed by atoms with Crippen LogP contribution in [-0.2, 0) is 19.7 Å². The van der Waals surface area contributed by atoms with E-state index in [2.05, 4.69) is 11.4 Å². The summed E-state index contributed by atoms with van der Waals surface area (Å²) in [6.07, 6.45) is 1.28. The highest BCUT2D eigenvalue weighted by Crippen LogP contribution is 2.39. The fraction of sp³-hybridized carbons (Fsp3) is 0.444. The van der Waals surface area contributed by atoms with Crippen LogP contribution in [0.5, 0.6) is 0 Å². The standard InChI is InChI=1S/C27H33N3O4/c1-19-6-4-9-23(16-19)27(10-14-34-15-11-27)26(33)29-12-13-30(20(2)31)24(18-29)21-7-5-8-22(17-21)25(32)28-3/h4-9,16-17,24H,10-15,18H2,1-3H3,(H,28,32)/t24-/m0/s1. The molecule has 7 nitrogen and oxygen atoms in total. The summed E-state index contributed by atoms with van der Waals surface area (Å²) in [7, 11) is 1.59. The lowest BCUT2D eigenvalue weighted by Gasteiger charge is -2.46. The SMILES string of the molecule is CNC(=O)c1cccc([C@@H]2CN(C(=O)C3(c4cccc(C)c4)CCOCC3)CCN2C(C)=O)c1. The van der Waals surface area contributed by atoms with Gasteiger partial charge in [0.15, 0.2) is 0 Å². The molecule has 2 heterocycles. The van der Waals surface area contributed by atoms with E-state index in [1.165, 1.54) is 0 Å². The second-order valence-electron chi connectivity index (χ2n) is 9.25. The van der Waals surface area contributed by atoms with Crippen LogP contribution in [0.15, 0.2) is 48.5 Å². The van der Waals surface area contributed by atoms with E-state index in [1.54, 1.807) is 24.9 Å². The van der Waals surface area contributed by atoms with E-state index >= 15 is 0 Å². The molecular formula is C27H33N3O4. The van der Waals surface area contributed by atoms with Gasteiger partial charge in [-0.1, -0.05) is 42.0 Å². The van der Waals surface area contributed by atoms with E-state index in [0.29, 0.717) is 51.3 Å². The first-order valence-electron chi connectivity index (χ1n) is 11.9. The van der Waals surface area contributed by atoms with Crippen LogP contribution in [0.1, 0.15) is 52.9 Å². The third-order valence-corrected chi connectivity index (χ3v) is 7.16. The zero-order valence-corrected chi connectivity index (χ0v) is 20.2. The quantitative estimate of drug-likeness (QED) is 0.756. The van der Waals surface area contributed by atoms with Crippen LogP contribution in [0.2, 0.25) is 0 Å². The van der Waals surface area contributed by atoms with Gasteiger partial charge in [0.1, 0.15) is 0 Å². The van der Waals surface area contributed by atoms with Gasteiger partial charge in [0, 0.05) is 52.4 Å². The van der Waals surface area contributed by atoms with E-state index < -0.39 is 5.41 Å². The van der Waals surface area contributed by atoms with Gasteiger partial charge in [0.25, 0.3) is 5.91 Å². The largest absolute Gasteiger partial charge is 0.381 e. The number of carbonyl (C=O) groups is 3. The maximum atomic E-state index is 14.2. The van der Waals surface area contributed by atoms with E-state index in [0.717, 1.165) is 16.7 Å². The van der Waals surface area contributed by atoms with Crippen LogP contribution in [-0.4, -0.2) is 67.4 Å². The molecule has 2 aromatic rings. The van der Waals surface area contributed by atoms with E-state index in [1.807, 2.05) is 48.2 Å². The first-order chi connectivity index (χ1) is 16.4. The molecule has 34 heavy (non-hydrogen) atoms. The Morgan fingerprint density at radius 3 is 2.44 bits per heavy atom.